The second kappa shape index (κ2) is 5.41. The number of fused-ring (bicyclic) bond motifs is 2. The Morgan fingerprint density at radius 1 is 0.842 bits per heavy atom. The fourth-order valence-electron chi connectivity index (χ4n) is 2.70. The molecule has 0 aliphatic rings. The fraction of sp³-hybridized carbons (Fsp3) is 0.222. The van der Waals surface area contributed by atoms with Crippen molar-refractivity contribution < 1.29 is 4.74 Å². The van der Waals surface area contributed by atoms with E-state index in [1.165, 1.54) is 27.1 Å². The van der Waals surface area contributed by atoms with Gasteiger partial charge in [0.1, 0.15) is 0 Å². The molecule has 0 spiro atoms. The van der Waals surface area contributed by atoms with E-state index < -0.39 is 0 Å². The van der Waals surface area contributed by atoms with E-state index in [9.17, 15) is 0 Å². The van der Waals surface area contributed by atoms with Gasteiger partial charge in [0.05, 0.1) is 6.61 Å². The molecule has 0 amide bonds. The highest BCUT2D eigenvalue weighted by Crippen LogP contribution is 2.28. The van der Waals surface area contributed by atoms with Crippen LogP contribution in [0.2, 0.25) is 0 Å². The molecule has 0 atom stereocenters. The van der Waals surface area contributed by atoms with E-state index in [0.29, 0.717) is 0 Å². The Morgan fingerprint density at radius 3 is 2.00 bits per heavy atom. The Morgan fingerprint density at radius 2 is 1.42 bits per heavy atom. The SMILES string of the molecule is CCOCCc1c2ccccc2cc2ccccc12. The minimum Gasteiger partial charge on any atom is -0.381 e. The lowest BCUT2D eigenvalue weighted by Crippen LogP contribution is -1.99. The number of benzene rings is 3. The predicted octanol–water partition coefficient (Wildman–Crippen LogP) is 4.57. The lowest BCUT2D eigenvalue weighted by atomic mass is 9.95. The standard InChI is InChI=1S/C18H18O/c1-2-19-12-11-18-16-9-5-3-7-14(16)13-15-8-4-6-10-17(15)18/h3-10,13H,2,11-12H2,1H3. The van der Waals surface area contributed by atoms with E-state index in [2.05, 4.69) is 54.6 Å². The summed E-state index contributed by atoms with van der Waals surface area (Å²) in [5.74, 6) is 0. The number of rotatable bonds is 4. The Kier molecular flexibility index (Phi) is 3.47. The van der Waals surface area contributed by atoms with E-state index in [1.807, 2.05) is 6.92 Å². The molecule has 0 heterocycles. The molecule has 3 aromatic rings. The zero-order valence-corrected chi connectivity index (χ0v) is 11.2. The van der Waals surface area contributed by atoms with Crippen LogP contribution in [-0.2, 0) is 11.2 Å². The normalized spacial score (nSPS) is 11.2. The van der Waals surface area contributed by atoms with Gasteiger partial charge in [-0.05, 0) is 46.5 Å². The highest BCUT2D eigenvalue weighted by atomic mass is 16.5. The minimum absolute atomic E-state index is 0.780. The van der Waals surface area contributed by atoms with Gasteiger partial charge in [0.15, 0.2) is 0 Å². The van der Waals surface area contributed by atoms with Crippen molar-refractivity contribution >= 4 is 21.5 Å². The summed E-state index contributed by atoms with van der Waals surface area (Å²) >= 11 is 0. The zero-order chi connectivity index (χ0) is 13.1. The first-order valence-electron chi connectivity index (χ1n) is 6.87. The molecule has 0 saturated heterocycles. The number of hydrogen-bond acceptors (Lipinski definition) is 1. The lowest BCUT2D eigenvalue weighted by molar-refractivity contribution is 0.151. The third kappa shape index (κ3) is 2.34. The zero-order valence-electron chi connectivity index (χ0n) is 11.2. The molecule has 96 valence electrons. The largest absolute Gasteiger partial charge is 0.381 e. The van der Waals surface area contributed by atoms with E-state index in [4.69, 9.17) is 4.74 Å². The van der Waals surface area contributed by atoms with E-state index in [-0.39, 0.29) is 0 Å². The van der Waals surface area contributed by atoms with Crippen LogP contribution in [0.1, 0.15) is 12.5 Å². The van der Waals surface area contributed by atoms with Crippen LogP contribution in [-0.4, -0.2) is 13.2 Å². The molecule has 0 aliphatic heterocycles. The van der Waals surface area contributed by atoms with Gasteiger partial charge in [-0.2, -0.15) is 0 Å². The van der Waals surface area contributed by atoms with E-state index in [1.54, 1.807) is 0 Å². The third-order valence-corrected chi connectivity index (χ3v) is 3.58. The molecule has 0 unspecified atom stereocenters. The summed E-state index contributed by atoms with van der Waals surface area (Å²) in [7, 11) is 0. The van der Waals surface area contributed by atoms with E-state index >= 15 is 0 Å². The van der Waals surface area contributed by atoms with Crippen molar-refractivity contribution in [3.05, 3.63) is 60.2 Å². The molecule has 0 fully saturated rings. The van der Waals surface area contributed by atoms with Crippen LogP contribution in [0, 0.1) is 0 Å². The number of hydrogen-bond donors (Lipinski definition) is 0. The monoisotopic (exact) mass is 250 g/mol. The maximum absolute atomic E-state index is 5.54. The summed E-state index contributed by atoms with van der Waals surface area (Å²) in [6.07, 6.45) is 0.968. The van der Waals surface area contributed by atoms with E-state index in [0.717, 1.165) is 19.6 Å². The van der Waals surface area contributed by atoms with Gasteiger partial charge in [0.2, 0.25) is 0 Å². The molecule has 0 bridgehead atoms. The number of ether oxygens (including phenoxy) is 1. The van der Waals surface area contributed by atoms with Crippen molar-refractivity contribution in [2.75, 3.05) is 13.2 Å². The average molecular weight is 250 g/mol. The second-order valence-corrected chi connectivity index (χ2v) is 4.74. The van der Waals surface area contributed by atoms with Crippen molar-refractivity contribution in [3.63, 3.8) is 0 Å². The topological polar surface area (TPSA) is 9.23 Å². The quantitative estimate of drug-likeness (QED) is 0.487. The fourth-order valence-corrected chi connectivity index (χ4v) is 2.70. The highest BCUT2D eigenvalue weighted by molar-refractivity contribution is 6.02. The summed E-state index contributed by atoms with van der Waals surface area (Å²) < 4.78 is 5.54. The molecule has 0 saturated carbocycles. The van der Waals surface area contributed by atoms with Crippen LogP contribution < -0.4 is 0 Å². The molecule has 0 radical (unpaired) electrons. The Balaban J connectivity index is 2.21. The molecular formula is C18H18O. The molecule has 19 heavy (non-hydrogen) atoms. The third-order valence-electron chi connectivity index (χ3n) is 3.58. The summed E-state index contributed by atoms with van der Waals surface area (Å²) in [5.41, 5.74) is 1.40. The summed E-state index contributed by atoms with van der Waals surface area (Å²) in [4.78, 5) is 0. The Bertz CT molecular complexity index is 646. The smallest absolute Gasteiger partial charge is 0.0506 e. The van der Waals surface area contributed by atoms with Gasteiger partial charge in [0, 0.05) is 6.61 Å². The van der Waals surface area contributed by atoms with Crippen molar-refractivity contribution in [3.8, 4) is 0 Å². The second-order valence-electron chi connectivity index (χ2n) is 4.74. The molecule has 1 heteroatoms. The van der Waals surface area contributed by atoms with Gasteiger partial charge in [0.25, 0.3) is 0 Å². The molecular weight excluding hydrogens is 232 g/mol. The molecule has 3 aromatic carbocycles. The van der Waals surface area contributed by atoms with Gasteiger partial charge in [-0.1, -0.05) is 48.5 Å². The van der Waals surface area contributed by atoms with Crippen LogP contribution in [0.15, 0.2) is 54.6 Å². The highest BCUT2D eigenvalue weighted by Gasteiger charge is 2.06. The maximum Gasteiger partial charge on any atom is 0.0506 e. The maximum atomic E-state index is 5.54. The van der Waals surface area contributed by atoms with Crippen LogP contribution >= 0.6 is 0 Å². The first kappa shape index (κ1) is 12.2. The first-order valence-corrected chi connectivity index (χ1v) is 6.87. The first-order chi connectivity index (χ1) is 9.40. The summed E-state index contributed by atoms with van der Waals surface area (Å²) in [6, 6.07) is 19.5. The van der Waals surface area contributed by atoms with Gasteiger partial charge < -0.3 is 4.74 Å². The molecule has 0 aliphatic carbocycles. The van der Waals surface area contributed by atoms with Crippen LogP contribution in [0.5, 0.6) is 0 Å². The van der Waals surface area contributed by atoms with Gasteiger partial charge in [-0.25, -0.2) is 0 Å². The molecule has 0 aromatic heterocycles. The molecule has 1 nitrogen and oxygen atoms in total. The van der Waals surface area contributed by atoms with Crippen LogP contribution in [0.4, 0.5) is 0 Å². The minimum atomic E-state index is 0.780. The summed E-state index contributed by atoms with van der Waals surface area (Å²) in [6.45, 7) is 3.61. The lowest BCUT2D eigenvalue weighted by Gasteiger charge is -2.11. The average Bonchev–Trinajstić information content (AvgIpc) is 2.46. The van der Waals surface area contributed by atoms with Crippen molar-refractivity contribution in [1.82, 2.24) is 0 Å². The van der Waals surface area contributed by atoms with Crippen LogP contribution in [0.25, 0.3) is 21.5 Å². The van der Waals surface area contributed by atoms with Crippen molar-refractivity contribution in [2.45, 2.75) is 13.3 Å². The van der Waals surface area contributed by atoms with Gasteiger partial charge >= 0.3 is 0 Å². The molecule has 0 N–H and O–H groups in total. The molecule has 3 rings (SSSR count). The predicted molar refractivity (Wildman–Crippen MR) is 81.7 cm³/mol. The summed E-state index contributed by atoms with van der Waals surface area (Å²) in [5, 5.41) is 5.32. The van der Waals surface area contributed by atoms with Crippen molar-refractivity contribution in [2.24, 2.45) is 0 Å². The Labute approximate surface area is 113 Å². The Hall–Kier alpha value is -1.86. The van der Waals surface area contributed by atoms with Gasteiger partial charge in [-0.3, -0.25) is 0 Å². The van der Waals surface area contributed by atoms with Crippen molar-refractivity contribution in [1.29, 1.82) is 0 Å². The van der Waals surface area contributed by atoms with Gasteiger partial charge in [-0.15, -0.1) is 0 Å². The van der Waals surface area contributed by atoms with Crippen LogP contribution in [0.3, 0.4) is 0 Å².